The van der Waals surface area contributed by atoms with Crippen LogP contribution in [0.25, 0.3) is 6.08 Å². The molecule has 0 aliphatic carbocycles. The number of hydrogen-bond acceptors (Lipinski definition) is 3. The standard InChI is InChI=1S/C8H8N4/c1-2-9-8(10-3-1)4-7-5-11-12-6-7/h1-6,9H,(H,11,12). The molecule has 0 unspecified atom stereocenters. The van der Waals surface area contributed by atoms with E-state index in [1.165, 1.54) is 0 Å². The molecule has 0 saturated heterocycles. The molecule has 2 rings (SSSR count). The first-order valence-corrected chi connectivity index (χ1v) is 3.61. The van der Waals surface area contributed by atoms with Crippen molar-refractivity contribution >= 4 is 12.3 Å². The maximum atomic E-state index is 4.10. The van der Waals surface area contributed by atoms with E-state index in [1.807, 2.05) is 24.5 Å². The van der Waals surface area contributed by atoms with E-state index in [0.717, 1.165) is 11.4 Å². The Balaban J connectivity index is 2.19. The minimum Gasteiger partial charge on any atom is -0.347 e. The maximum absolute atomic E-state index is 4.10. The van der Waals surface area contributed by atoms with Gasteiger partial charge >= 0.3 is 0 Å². The Kier molecular flexibility index (Phi) is 1.74. The quantitative estimate of drug-likeness (QED) is 0.641. The van der Waals surface area contributed by atoms with Gasteiger partial charge in [0.05, 0.1) is 6.20 Å². The molecule has 60 valence electrons. The highest BCUT2D eigenvalue weighted by Crippen LogP contribution is 2.04. The van der Waals surface area contributed by atoms with E-state index in [9.17, 15) is 0 Å². The lowest BCUT2D eigenvalue weighted by Gasteiger charge is -2.02. The summed E-state index contributed by atoms with van der Waals surface area (Å²) >= 11 is 0. The largest absolute Gasteiger partial charge is 0.347 e. The van der Waals surface area contributed by atoms with Gasteiger partial charge in [-0.05, 0) is 12.2 Å². The summed E-state index contributed by atoms with van der Waals surface area (Å²) < 4.78 is 0. The first-order valence-electron chi connectivity index (χ1n) is 3.61. The average Bonchev–Trinajstić information content (AvgIpc) is 2.59. The molecule has 4 nitrogen and oxygen atoms in total. The summed E-state index contributed by atoms with van der Waals surface area (Å²) in [6.45, 7) is 0. The Morgan fingerprint density at radius 2 is 2.42 bits per heavy atom. The molecule has 0 bridgehead atoms. The average molecular weight is 160 g/mol. The normalized spacial score (nSPS) is 18.2. The molecule has 0 saturated carbocycles. The van der Waals surface area contributed by atoms with Gasteiger partial charge < -0.3 is 5.32 Å². The predicted molar refractivity (Wildman–Crippen MR) is 47.3 cm³/mol. The molecule has 0 spiro atoms. The second kappa shape index (κ2) is 3.04. The summed E-state index contributed by atoms with van der Waals surface area (Å²) in [6.07, 6.45) is 10.9. The van der Waals surface area contributed by atoms with Gasteiger partial charge in [0.15, 0.2) is 0 Å². The van der Waals surface area contributed by atoms with E-state index < -0.39 is 0 Å². The molecule has 0 amide bonds. The van der Waals surface area contributed by atoms with Crippen LogP contribution in [0.15, 0.2) is 35.5 Å². The summed E-state index contributed by atoms with van der Waals surface area (Å²) in [6, 6.07) is 0. The van der Waals surface area contributed by atoms with Crippen LogP contribution >= 0.6 is 0 Å². The fraction of sp³-hybridized carbons (Fsp3) is 0. The minimum absolute atomic E-state index is 0.818. The molecular weight excluding hydrogens is 152 g/mol. The molecule has 0 atom stereocenters. The number of aromatic amines is 1. The molecule has 12 heavy (non-hydrogen) atoms. The van der Waals surface area contributed by atoms with Crippen molar-refractivity contribution in [1.82, 2.24) is 15.5 Å². The van der Waals surface area contributed by atoms with Crippen molar-refractivity contribution in [2.75, 3.05) is 0 Å². The van der Waals surface area contributed by atoms with Gasteiger partial charge in [0, 0.05) is 24.2 Å². The number of aromatic nitrogens is 2. The zero-order valence-corrected chi connectivity index (χ0v) is 6.36. The molecular formula is C8H8N4. The van der Waals surface area contributed by atoms with Gasteiger partial charge in [-0.2, -0.15) is 5.10 Å². The van der Waals surface area contributed by atoms with E-state index in [0.29, 0.717) is 0 Å². The van der Waals surface area contributed by atoms with Gasteiger partial charge in [-0.15, -0.1) is 0 Å². The van der Waals surface area contributed by atoms with Crippen molar-refractivity contribution in [1.29, 1.82) is 0 Å². The van der Waals surface area contributed by atoms with Crippen LogP contribution in [-0.2, 0) is 0 Å². The van der Waals surface area contributed by atoms with Gasteiger partial charge in [-0.3, -0.25) is 5.10 Å². The van der Waals surface area contributed by atoms with E-state index in [1.54, 1.807) is 12.4 Å². The lowest BCUT2D eigenvalue weighted by molar-refractivity contribution is 1.03. The highest BCUT2D eigenvalue weighted by molar-refractivity contribution is 5.74. The van der Waals surface area contributed by atoms with E-state index >= 15 is 0 Å². The molecule has 1 aliphatic heterocycles. The van der Waals surface area contributed by atoms with E-state index in [-0.39, 0.29) is 0 Å². The molecule has 0 aromatic carbocycles. The van der Waals surface area contributed by atoms with Crippen molar-refractivity contribution in [2.24, 2.45) is 4.99 Å². The second-order valence-corrected chi connectivity index (χ2v) is 2.34. The molecule has 1 aromatic rings. The molecule has 1 aromatic heterocycles. The topological polar surface area (TPSA) is 53.1 Å². The van der Waals surface area contributed by atoms with Crippen LogP contribution in [0, 0.1) is 0 Å². The Morgan fingerprint density at radius 1 is 1.42 bits per heavy atom. The second-order valence-electron chi connectivity index (χ2n) is 2.34. The maximum Gasteiger partial charge on any atom is 0.130 e. The van der Waals surface area contributed by atoms with Gasteiger partial charge in [-0.1, -0.05) is 0 Å². The highest BCUT2D eigenvalue weighted by Gasteiger charge is 1.94. The molecule has 2 heterocycles. The third kappa shape index (κ3) is 1.42. The summed E-state index contributed by atoms with van der Waals surface area (Å²) in [5, 5.41) is 9.55. The zero-order chi connectivity index (χ0) is 8.23. The number of aliphatic imine (C=N–C) groups is 1. The number of allylic oxidation sites excluding steroid dienone is 1. The van der Waals surface area contributed by atoms with Crippen LogP contribution < -0.4 is 5.32 Å². The molecule has 1 aliphatic rings. The summed E-state index contributed by atoms with van der Waals surface area (Å²) in [7, 11) is 0. The Labute approximate surface area is 69.7 Å². The summed E-state index contributed by atoms with van der Waals surface area (Å²) in [5.74, 6) is 0.818. The lowest BCUT2D eigenvalue weighted by Crippen LogP contribution is -2.05. The first kappa shape index (κ1) is 6.84. The predicted octanol–water partition coefficient (Wildman–Crippen LogP) is 0.896. The Hall–Kier alpha value is -1.84. The van der Waals surface area contributed by atoms with Crippen molar-refractivity contribution in [3.05, 3.63) is 36.1 Å². The van der Waals surface area contributed by atoms with E-state index in [2.05, 4.69) is 20.5 Å². The smallest absolute Gasteiger partial charge is 0.130 e. The van der Waals surface area contributed by atoms with Crippen LogP contribution in [0.5, 0.6) is 0 Å². The Bertz CT molecular complexity index is 332. The number of rotatable bonds is 1. The third-order valence-corrected chi connectivity index (χ3v) is 1.45. The van der Waals surface area contributed by atoms with E-state index in [4.69, 9.17) is 0 Å². The number of H-pyrrole nitrogens is 1. The molecule has 2 N–H and O–H groups in total. The first-order chi connectivity index (χ1) is 5.95. The van der Waals surface area contributed by atoms with Crippen molar-refractivity contribution in [3.63, 3.8) is 0 Å². The summed E-state index contributed by atoms with van der Waals surface area (Å²) in [4.78, 5) is 4.10. The van der Waals surface area contributed by atoms with Crippen molar-refractivity contribution in [3.8, 4) is 0 Å². The molecule has 0 fully saturated rings. The van der Waals surface area contributed by atoms with Gasteiger partial charge in [-0.25, -0.2) is 4.99 Å². The van der Waals surface area contributed by atoms with Crippen LogP contribution in [0.2, 0.25) is 0 Å². The van der Waals surface area contributed by atoms with Crippen LogP contribution in [0.3, 0.4) is 0 Å². The fourth-order valence-corrected chi connectivity index (χ4v) is 0.914. The Morgan fingerprint density at radius 3 is 3.08 bits per heavy atom. The van der Waals surface area contributed by atoms with Crippen molar-refractivity contribution < 1.29 is 0 Å². The van der Waals surface area contributed by atoms with Crippen molar-refractivity contribution in [2.45, 2.75) is 0 Å². The lowest BCUT2D eigenvalue weighted by atomic mass is 10.3. The van der Waals surface area contributed by atoms with Gasteiger partial charge in [0.1, 0.15) is 5.82 Å². The van der Waals surface area contributed by atoms with Gasteiger partial charge in [0.25, 0.3) is 0 Å². The summed E-state index contributed by atoms with van der Waals surface area (Å²) in [5.41, 5.74) is 1.00. The van der Waals surface area contributed by atoms with Crippen LogP contribution in [-0.4, -0.2) is 16.4 Å². The zero-order valence-electron chi connectivity index (χ0n) is 6.36. The fourth-order valence-electron chi connectivity index (χ4n) is 0.914. The molecule has 0 radical (unpaired) electrons. The van der Waals surface area contributed by atoms with Crippen LogP contribution in [0.4, 0.5) is 0 Å². The monoisotopic (exact) mass is 160 g/mol. The number of nitrogens with one attached hydrogen (secondary N) is 2. The third-order valence-electron chi connectivity index (χ3n) is 1.45. The highest BCUT2D eigenvalue weighted by atomic mass is 15.1. The van der Waals surface area contributed by atoms with Crippen LogP contribution in [0.1, 0.15) is 5.56 Å². The minimum atomic E-state index is 0.818. The molecule has 4 heteroatoms. The number of nitrogens with zero attached hydrogens (tertiary/aromatic N) is 2. The van der Waals surface area contributed by atoms with Gasteiger partial charge in [0.2, 0.25) is 0 Å². The number of hydrogen-bond donors (Lipinski definition) is 2. The SMILES string of the molecule is C1=CNC(=Cc2cn[nH]c2)N=C1.